The van der Waals surface area contributed by atoms with Crippen LogP contribution in [0.3, 0.4) is 0 Å². The molecule has 0 aliphatic heterocycles. The lowest BCUT2D eigenvalue weighted by atomic mass is 10.0. The molecule has 118 valence electrons. The second kappa shape index (κ2) is 7.08. The van der Waals surface area contributed by atoms with Gasteiger partial charge in [-0.25, -0.2) is 4.98 Å². The van der Waals surface area contributed by atoms with Crippen molar-refractivity contribution in [3.8, 4) is 0 Å². The molecular weight excluding hydrogens is 258 g/mol. The van der Waals surface area contributed by atoms with E-state index in [-0.39, 0.29) is 5.54 Å². The summed E-state index contributed by atoms with van der Waals surface area (Å²) in [6, 6.07) is 2.56. The summed E-state index contributed by atoms with van der Waals surface area (Å²) in [6.45, 7) is 20.7. The molecule has 0 fully saturated rings. The second-order valence-corrected chi connectivity index (χ2v) is 7.02. The third kappa shape index (κ3) is 5.16. The molecule has 1 aromatic heterocycles. The molecule has 0 radical (unpaired) electrons. The van der Waals surface area contributed by atoms with Crippen LogP contribution in [-0.4, -0.2) is 23.1 Å². The summed E-state index contributed by atoms with van der Waals surface area (Å²) in [6.07, 6.45) is 1.94. The molecule has 3 heteroatoms. The van der Waals surface area contributed by atoms with Crippen LogP contribution in [0.15, 0.2) is 18.7 Å². The average Bonchev–Trinajstić information content (AvgIpc) is 2.32. The van der Waals surface area contributed by atoms with E-state index in [9.17, 15) is 0 Å². The SMILES string of the molecule is C=CCN(c1nc(C)cc(C)c1CNC(C)(C)C)C(C)C. The molecule has 0 aliphatic carbocycles. The predicted molar refractivity (Wildman–Crippen MR) is 93.0 cm³/mol. The Morgan fingerprint density at radius 3 is 2.43 bits per heavy atom. The maximum absolute atomic E-state index is 4.81. The van der Waals surface area contributed by atoms with E-state index < -0.39 is 0 Å². The van der Waals surface area contributed by atoms with Gasteiger partial charge in [0.05, 0.1) is 0 Å². The Hall–Kier alpha value is -1.35. The van der Waals surface area contributed by atoms with E-state index in [4.69, 9.17) is 4.98 Å². The maximum Gasteiger partial charge on any atom is 0.134 e. The Morgan fingerprint density at radius 2 is 1.95 bits per heavy atom. The first-order valence-corrected chi connectivity index (χ1v) is 7.75. The number of nitrogens with zero attached hydrogens (tertiary/aromatic N) is 2. The van der Waals surface area contributed by atoms with Gasteiger partial charge in [-0.1, -0.05) is 6.08 Å². The molecular formula is C18H31N3. The number of anilines is 1. The molecule has 0 aliphatic rings. The number of aryl methyl sites for hydroxylation is 2. The topological polar surface area (TPSA) is 28.2 Å². The predicted octanol–water partition coefficient (Wildman–Crippen LogP) is 3.99. The van der Waals surface area contributed by atoms with Gasteiger partial charge in [0.1, 0.15) is 5.82 Å². The lowest BCUT2D eigenvalue weighted by molar-refractivity contribution is 0.423. The van der Waals surface area contributed by atoms with E-state index in [1.165, 1.54) is 11.1 Å². The van der Waals surface area contributed by atoms with Crippen molar-refractivity contribution in [3.05, 3.63) is 35.5 Å². The minimum Gasteiger partial charge on any atom is -0.350 e. The van der Waals surface area contributed by atoms with Crippen molar-refractivity contribution in [3.63, 3.8) is 0 Å². The van der Waals surface area contributed by atoms with E-state index >= 15 is 0 Å². The molecule has 0 spiro atoms. The number of pyridine rings is 1. The summed E-state index contributed by atoms with van der Waals surface area (Å²) in [4.78, 5) is 7.13. The standard InChI is InChI=1S/C18H31N3/c1-9-10-21(13(2)3)17-16(12-19-18(6,7)8)14(4)11-15(5)20-17/h9,11,13,19H,1,10,12H2,2-8H3. The van der Waals surface area contributed by atoms with Crippen LogP contribution in [0.5, 0.6) is 0 Å². The van der Waals surface area contributed by atoms with Gasteiger partial charge in [0.25, 0.3) is 0 Å². The number of rotatable bonds is 6. The molecule has 0 bridgehead atoms. The van der Waals surface area contributed by atoms with Crippen LogP contribution in [0, 0.1) is 13.8 Å². The first-order valence-electron chi connectivity index (χ1n) is 7.75. The van der Waals surface area contributed by atoms with Crippen LogP contribution in [0.25, 0.3) is 0 Å². The van der Waals surface area contributed by atoms with Gasteiger partial charge in [0, 0.05) is 35.9 Å². The highest BCUT2D eigenvalue weighted by atomic mass is 15.2. The van der Waals surface area contributed by atoms with Crippen LogP contribution < -0.4 is 10.2 Å². The summed E-state index contributed by atoms with van der Waals surface area (Å²) >= 11 is 0. The number of nitrogens with one attached hydrogen (secondary N) is 1. The molecule has 1 N–H and O–H groups in total. The van der Waals surface area contributed by atoms with Crippen molar-refractivity contribution >= 4 is 5.82 Å². The summed E-state index contributed by atoms with van der Waals surface area (Å²) in [5.41, 5.74) is 3.74. The zero-order valence-corrected chi connectivity index (χ0v) is 14.7. The molecule has 0 saturated carbocycles. The smallest absolute Gasteiger partial charge is 0.134 e. The molecule has 0 amide bonds. The average molecular weight is 289 g/mol. The van der Waals surface area contributed by atoms with E-state index in [1.807, 2.05) is 6.08 Å². The summed E-state index contributed by atoms with van der Waals surface area (Å²) in [5.74, 6) is 1.08. The minimum absolute atomic E-state index is 0.0930. The third-order valence-corrected chi connectivity index (χ3v) is 3.47. The van der Waals surface area contributed by atoms with Crippen molar-refractivity contribution in [1.82, 2.24) is 10.3 Å². The fourth-order valence-corrected chi connectivity index (χ4v) is 2.33. The third-order valence-electron chi connectivity index (χ3n) is 3.47. The first kappa shape index (κ1) is 17.7. The van der Waals surface area contributed by atoms with Gasteiger partial charge in [-0.3, -0.25) is 0 Å². The summed E-state index contributed by atoms with van der Waals surface area (Å²) in [7, 11) is 0. The normalized spacial score (nSPS) is 11.8. The van der Waals surface area contributed by atoms with Gasteiger partial charge in [-0.05, 0) is 60.1 Å². The van der Waals surface area contributed by atoms with Crippen molar-refractivity contribution in [2.24, 2.45) is 0 Å². The lowest BCUT2D eigenvalue weighted by Crippen LogP contribution is -2.37. The minimum atomic E-state index is 0.0930. The molecule has 21 heavy (non-hydrogen) atoms. The zero-order chi connectivity index (χ0) is 16.2. The van der Waals surface area contributed by atoms with Gasteiger partial charge in [0.15, 0.2) is 0 Å². The highest BCUT2D eigenvalue weighted by Crippen LogP contribution is 2.25. The molecule has 0 atom stereocenters. The van der Waals surface area contributed by atoms with Crippen molar-refractivity contribution in [2.45, 2.75) is 66.6 Å². The van der Waals surface area contributed by atoms with E-state index in [1.54, 1.807) is 0 Å². The fraction of sp³-hybridized carbons (Fsp3) is 0.611. The molecule has 3 nitrogen and oxygen atoms in total. The van der Waals surface area contributed by atoms with Crippen LogP contribution in [0.4, 0.5) is 5.82 Å². The molecule has 1 aromatic rings. The number of aromatic nitrogens is 1. The fourth-order valence-electron chi connectivity index (χ4n) is 2.33. The van der Waals surface area contributed by atoms with Crippen molar-refractivity contribution < 1.29 is 0 Å². The van der Waals surface area contributed by atoms with Crippen LogP contribution in [-0.2, 0) is 6.54 Å². The monoisotopic (exact) mass is 289 g/mol. The number of hydrogen-bond acceptors (Lipinski definition) is 3. The van der Waals surface area contributed by atoms with Gasteiger partial charge in [-0.15, -0.1) is 6.58 Å². The van der Waals surface area contributed by atoms with Crippen LogP contribution in [0.1, 0.15) is 51.4 Å². The quantitative estimate of drug-likeness (QED) is 0.803. The van der Waals surface area contributed by atoms with E-state index in [2.05, 4.69) is 71.3 Å². The van der Waals surface area contributed by atoms with Crippen LogP contribution in [0.2, 0.25) is 0 Å². The lowest BCUT2D eigenvalue weighted by Gasteiger charge is -2.31. The molecule has 1 heterocycles. The van der Waals surface area contributed by atoms with Gasteiger partial charge in [-0.2, -0.15) is 0 Å². The van der Waals surface area contributed by atoms with E-state index in [0.717, 1.165) is 24.6 Å². The Bertz CT molecular complexity index is 484. The van der Waals surface area contributed by atoms with E-state index in [0.29, 0.717) is 6.04 Å². The van der Waals surface area contributed by atoms with Gasteiger partial charge in [0.2, 0.25) is 0 Å². The molecule has 0 aromatic carbocycles. The summed E-state index contributed by atoms with van der Waals surface area (Å²) < 4.78 is 0. The largest absolute Gasteiger partial charge is 0.350 e. The van der Waals surface area contributed by atoms with Crippen LogP contribution >= 0.6 is 0 Å². The summed E-state index contributed by atoms with van der Waals surface area (Å²) in [5, 5.41) is 3.58. The second-order valence-electron chi connectivity index (χ2n) is 7.02. The van der Waals surface area contributed by atoms with Crippen molar-refractivity contribution in [1.29, 1.82) is 0 Å². The molecule has 1 rings (SSSR count). The maximum atomic E-state index is 4.81. The molecule has 0 saturated heterocycles. The zero-order valence-electron chi connectivity index (χ0n) is 14.7. The first-order chi connectivity index (χ1) is 9.65. The Labute approximate surface area is 130 Å². The van der Waals surface area contributed by atoms with Crippen molar-refractivity contribution in [2.75, 3.05) is 11.4 Å². The number of hydrogen-bond donors (Lipinski definition) is 1. The highest BCUT2D eigenvalue weighted by Gasteiger charge is 2.19. The Morgan fingerprint density at radius 1 is 1.33 bits per heavy atom. The highest BCUT2D eigenvalue weighted by molar-refractivity contribution is 5.52. The Kier molecular flexibility index (Phi) is 5.97. The molecule has 0 unspecified atom stereocenters. The Balaban J connectivity index is 3.24. The van der Waals surface area contributed by atoms with Gasteiger partial charge < -0.3 is 10.2 Å². The van der Waals surface area contributed by atoms with Gasteiger partial charge >= 0.3 is 0 Å².